The van der Waals surface area contributed by atoms with Gasteiger partial charge in [-0.2, -0.15) is 0 Å². The Kier molecular flexibility index (Phi) is 4.51. The summed E-state index contributed by atoms with van der Waals surface area (Å²) in [6.45, 7) is 2.13. The first-order valence-electron chi connectivity index (χ1n) is 8.71. The fourth-order valence-electron chi connectivity index (χ4n) is 3.52. The summed E-state index contributed by atoms with van der Waals surface area (Å²) in [6, 6.07) is 14.2. The summed E-state index contributed by atoms with van der Waals surface area (Å²) >= 11 is 0. The van der Waals surface area contributed by atoms with E-state index < -0.39 is 6.10 Å². The zero-order chi connectivity index (χ0) is 17.2. The first-order chi connectivity index (χ1) is 12.2. The number of benzene rings is 2. The number of fused-ring (bicyclic) bond motifs is 1. The monoisotopic (exact) mass is 340 g/mol. The number of rotatable bonds is 4. The molecular weight excluding hydrogens is 319 g/mol. The van der Waals surface area contributed by atoms with E-state index in [1.807, 2.05) is 24.3 Å². The quantitative estimate of drug-likeness (QED) is 0.783. The van der Waals surface area contributed by atoms with E-state index in [2.05, 4.69) is 9.88 Å². The zero-order valence-electron chi connectivity index (χ0n) is 13.9. The summed E-state index contributed by atoms with van der Waals surface area (Å²) in [7, 11) is 0. The molecule has 1 aliphatic heterocycles. The first-order valence-corrected chi connectivity index (χ1v) is 8.71. The number of aliphatic hydroxyl groups excluding tert-OH is 1. The third-order valence-corrected chi connectivity index (χ3v) is 4.94. The average Bonchev–Trinajstić information content (AvgIpc) is 3.07. The second-order valence-corrected chi connectivity index (χ2v) is 6.63. The largest absolute Gasteiger partial charge is 0.440 e. The van der Waals surface area contributed by atoms with E-state index in [0.29, 0.717) is 18.0 Å². The molecule has 2 aromatic carbocycles. The van der Waals surface area contributed by atoms with Crippen LogP contribution in [-0.4, -0.2) is 34.6 Å². The molecule has 1 unspecified atom stereocenters. The van der Waals surface area contributed by atoms with Crippen molar-refractivity contribution in [1.29, 1.82) is 0 Å². The van der Waals surface area contributed by atoms with E-state index in [-0.39, 0.29) is 5.82 Å². The Morgan fingerprint density at radius 2 is 1.84 bits per heavy atom. The minimum Gasteiger partial charge on any atom is -0.440 e. The molecule has 1 aliphatic rings. The molecule has 0 bridgehead atoms. The normalized spacial score (nSPS) is 17.8. The molecule has 1 aromatic heterocycles. The Morgan fingerprint density at radius 3 is 2.60 bits per heavy atom. The minimum absolute atomic E-state index is 0.300. The second-order valence-electron chi connectivity index (χ2n) is 6.63. The van der Waals surface area contributed by atoms with Gasteiger partial charge in [0.15, 0.2) is 11.5 Å². The maximum Gasteiger partial charge on any atom is 0.198 e. The summed E-state index contributed by atoms with van der Waals surface area (Å²) in [4.78, 5) is 6.77. The second kappa shape index (κ2) is 6.94. The standard InChI is InChI=1S/C20H21FN2O2/c21-16-6-2-1-5-15(16)18(24)13-23-11-9-14(10-12-23)20-22-17-7-3-4-8-19(17)25-20/h1-8,14,18,24H,9-13H2. The van der Waals surface area contributed by atoms with Crippen molar-refractivity contribution in [3.63, 3.8) is 0 Å². The molecule has 1 atom stereocenters. The van der Waals surface area contributed by atoms with Crippen LogP contribution < -0.4 is 0 Å². The molecule has 25 heavy (non-hydrogen) atoms. The van der Waals surface area contributed by atoms with Gasteiger partial charge < -0.3 is 14.4 Å². The van der Waals surface area contributed by atoms with E-state index in [1.54, 1.807) is 18.2 Å². The van der Waals surface area contributed by atoms with E-state index in [1.165, 1.54) is 6.07 Å². The summed E-state index contributed by atoms with van der Waals surface area (Å²) < 4.78 is 19.7. The van der Waals surface area contributed by atoms with Gasteiger partial charge in [-0.3, -0.25) is 0 Å². The van der Waals surface area contributed by atoms with Crippen LogP contribution in [0.1, 0.15) is 36.3 Å². The third-order valence-electron chi connectivity index (χ3n) is 4.94. The zero-order valence-corrected chi connectivity index (χ0v) is 13.9. The number of para-hydroxylation sites is 2. The lowest BCUT2D eigenvalue weighted by Crippen LogP contribution is -2.36. The number of oxazole rings is 1. The van der Waals surface area contributed by atoms with Crippen molar-refractivity contribution in [3.05, 3.63) is 65.8 Å². The summed E-state index contributed by atoms with van der Waals surface area (Å²) in [5.41, 5.74) is 2.09. The number of nitrogens with zero attached hydrogens (tertiary/aromatic N) is 2. The number of piperidine rings is 1. The maximum absolute atomic E-state index is 13.8. The Bertz CT molecular complexity index is 823. The fraction of sp³-hybridized carbons (Fsp3) is 0.350. The van der Waals surface area contributed by atoms with E-state index in [4.69, 9.17) is 4.42 Å². The molecule has 1 N–H and O–H groups in total. The predicted molar refractivity (Wildman–Crippen MR) is 93.8 cm³/mol. The van der Waals surface area contributed by atoms with Crippen LogP contribution in [0.3, 0.4) is 0 Å². The van der Waals surface area contributed by atoms with Crippen LogP contribution in [-0.2, 0) is 0 Å². The minimum atomic E-state index is -0.804. The highest BCUT2D eigenvalue weighted by Crippen LogP contribution is 2.30. The SMILES string of the molecule is OC(CN1CCC(c2nc3ccccc3o2)CC1)c1ccccc1F. The molecule has 0 aliphatic carbocycles. The first kappa shape index (κ1) is 16.2. The highest BCUT2D eigenvalue weighted by molar-refractivity contribution is 5.72. The van der Waals surface area contributed by atoms with Crippen molar-refractivity contribution in [2.24, 2.45) is 0 Å². The van der Waals surface area contributed by atoms with Gasteiger partial charge in [0.2, 0.25) is 0 Å². The lowest BCUT2D eigenvalue weighted by Gasteiger charge is -2.32. The number of β-amino-alcohol motifs (C(OH)–C–C–N with tert-alkyl or cyclic N) is 1. The number of likely N-dealkylation sites (tertiary alicyclic amines) is 1. The van der Waals surface area contributed by atoms with Crippen LogP contribution in [0.4, 0.5) is 4.39 Å². The topological polar surface area (TPSA) is 49.5 Å². The van der Waals surface area contributed by atoms with Gasteiger partial charge in [0.1, 0.15) is 11.3 Å². The number of hydrogen-bond donors (Lipinski definition) is 1. The van der Waals surface area contributed by atoms with Gasteiger partial charge in [0.05, 0.1) is 6.10 Å². The van der Waals surface area contributed by atoms with Crippen LogP contribution in [0.15, 0.2) is 52.9 Å². The molecule has 1 fully saturated rings. The highest BCUT2D eigenvalue weighted by Gasteiger charge is 2.26. The van der Waals surface area contributed by atoms with Crippen LogP contribution in [0.2, 0.25) is 0 Å². The molecule has 0 spiro atoms. The van der Waals surface area contributed by atoms with Crippen LogP contribution >= 0.6 is 0 Å². The van der Waals surface area contributed by atoms with E-state index in [9.17, 15) is 9.50 Å². The Labute approximate surface area is 145 Å². The summed E-state index contributed by atoms with van der Waals surface area (Å²) in [6.07, 6.45) is 1.05. The molecule has 5 heteroatoms. The third kappa shape index (κ3) is 3.43. The van der Waals surface area contributed by atoms with Crippen molar-refractivity contribution < 1.29 is 13.9 Å². The molecule has 2 heterocycles. The lowest BCUT2D eigenvalue weighted by atomic mass is 9.96. The van der Waals surface area contributed by atoms with E-state index in [0.717, 1.165) is 42.9 Å². The van der Waals surface area contributed by atoms with Crippen LogP contribution in [0, 0.1) is 5.82 Å². The molecule has 0 radical (unpaired) electrons. The van der Waals surface area contributed by atoms with Gasteiger partial charge in [-0.05, 0) is 44.1 Å². The van der Waals surface area contributed by atoms with Crippen LogP contribution in [0.25, 0.3) is 11.1 Å². The Balaban J connectivity index is 1.37. The van der Waals surface area contributed by atoms with Gasteiger partial charge in [-0.15, -0.1) is 0 Å². The predicted octanol–water partition coefficient (Wildman–Crippen LogP) is 3.88. The van der Waals surface area contributed by atoms with Crippen molar-refractivity contribution >= 4 is 11.1 Å². The van der Waals surface area contributed by atoms with Crippen LogP contribution in [0.5, 0.6) is 0 Å². The molecule has 3 aromatic rings. The number of hydrogen-bond acceptors (Lipinski definition) is 4. The van der Waals surface area contributed by atoms with Gasteiger partial charge in [-0.25, -0.2) is 9.37 Å². The molecular formula is C20H21FN2O2. The molecule has 0 amide bonds. The van der Waals surface area contributed by atoms with Gasteiger partial charge in [0, 0.05) is 18.0 Å². The smallest absolute Gasteiger partial charge is 0.198 e. The molecule has 0 saturated carbocycles. The molecule has 4 rings (SSSR count). The fourth-order valence-corrected chi connectivity index (χ4v) is 3.52. The number of aromatic nitrogens is 1. The summed E-state index contributed by atoms with van der Waals surface area (Å²) in [5, 5.41) is 10.3. The van der Waals surface area contributed by atoms with Gasteiger partial charge >= 0.3 is 0 Å². The molecule has 130 valence electrons. The van der Waals surface area contributed by atoms with Crippen molar-refractivity contribution in [3.8, 4) is 0 Å². The Morgan fingerprint density at radius 1 is 1.12 bits per heavy atom. The number of aliphatic hydroxyl groups is 1. The van der Waals surface area contributed by atoms with E-state index >= 15 is 0 Å². The average molecular weight is 340 g/mol. The van der Waals surface area contributed by atoms with Crippen molar-refractivity contribution in [2.45, 2.75) is 24.9 Å². The molecule has 1 saturated heterocycles. The van der Waals surface area contributed by atoms with Gasteiger partial charge in [-0.1, -0.05) is 30.3 Å². The molecule has 4 nitrogen and oxygen atoms in total. The summed E-state index contributed by atoms with van der Waals surface area (Å²) in [5.74, 6) is 0.751. The van der Waals surface area contributed by atoms with Crippen molar-refractivity contribution in [2.75, 3.05) is 19.6 Å². The maximum atomic E-state index is 13.8. The number of halogens is 1. The van der Waals surface area contributed by atoms with Gasteiger partial charge in [0.25, 0.3) is 0 Å². The highest BCUT2D eigenvalue weighted by atomic mass is 19.1. The lowest BCUT2D eigenvalue weighted by molar-refractivity contribution is 0.0926. The Hall–Kier alpha value is -2.24. The van der Waals surface area contributed by atoms with Crippen molar-refractivity contribution in [1.82, 2.24) is 9.88 Å².